The van der Waals surface area contributed by atoms with Crippen molar-refractivity contribution in [2.45, 2.75) is 31.8 Å². The summed E-state index contributed by atoms with van der Waals surface area (Å²) in [5.41, 5.74) is 6.27. The third-order valence-electron chi connectivity index (χ3n) is 3.52. The van der Waals surface area contributed by atoms with Gasteiger partial charge in [-0.25, -0.2) is 21.3 Å². The maximum absolute atomic E-state index is 12.3. The van der Waals surface area contributed by atoms with Crippen molar-refractivity contribution in [3.8, 4) is 0 Å². The second-order valence-electron chi connectivity index (χ2n) is 4.89. The number of benzene rings is 1. The van der Waals surface area contributed by atoms with Gasteiger partial charge in [-0.15, -0.1) is 10.6 Å². The molecular weight excluding hydrogens is 258 g/mol. The minimum absolute atomic E-state index is 0.0336. The lowest BCUT2D eigenvalue weighted by Crippen LogP contribution is -2.46. The van der Waals surface area contributed by atoms with Crippen LogP contribution in [0.3, 0.4) is 0 Å². The lowest BCUT2D eigenvalue weighted by Gasteiger charge is -2.16. The average Bonchev–Trinajstić information content (AvgIpc) is 3.10. The van der Waals surface area contributed by atoms with E-state index in [0.29, 0.717) is 17.0 Å². The highest BCUT2D eigenvalue weighted by Gasteiger charge is 2.25. The molecule has 0 atom stereocenters. The number of hydrazine groups is 3. The number of carbonyl (C=O) groups excluding carboxylic acids is 1. The molecule has 0 spiro atoms. The smallest absolute Gasteiger partial charge is 0.339 e. The zero-order valence-corrected chi connectivity index (χ0v) is 11.0. The van der Waals surface area contributed by atoms with Crippen molar-refractivity contribution in [1.82, 2.24) is 16.2 Å². The Bertz CT molecular complexity index is 539. The summed E-state index contributed by atoms with van der Waals surface area (Å²) in [6.45, 7) is 0. The lowest BCUT2D eigenvalue weighted by molar-refractivity contribution is 0.0317. The Morgan fingerprint density at radius 2 is 2.10 bits per heavy atom. The lowest BCUT2D eigenvalue weighted by atomic mass is 10.1. The number of carbonyl (C=O) groups is 1. The quantitative estimate of drug-likeness (QED) is 0.554. The second kappa shape index (κ2) is 5.48. The van der Waals surface area contributed by atoms with E-state index in [-0.39, 0.29) is 12.1 Å². The van der Waals surface area contributed by atoms with E-state index in [0.717, 1.165) is 25.7 Å². The molecule has 0 saturated heterocycles. The molecular formula is C13H17N5O2. The first-order valence-corrected chi connectivity index (χ1v) is 6.69. The van der Waals surface area contributed by atoms with Crippen LogP contribution in [0.25, 0.3) is 0 Å². The van der Waals surface area contributed by atoms with Gasteiger partial charge in [-0.3, -0.25) is 0 Å². The summed E-state index contributed by atoms with van der Waals surface area (Å²) in [5, 5.41) is 5.23. The van der Waals surface area contributed by atoms with E-state index < -0.39 is 0 Å². The number of hydrazone groups is 1. The van der Waals surface area contributed by atoms with Gasteiger partial charge in [0.15, 0.2) is 5.84 Å². The third-order valence-corrected chi connectivity index (χ3v) is 3.52. The maximum atomic E-state index is 12.3. The van der Waals surface area contributed by atoms with Crippen molar-refractivity contribution in [2.24, 2.45) is 10.9 Å². The third kappa shape index (κ3) is 2.45. The number of rotatable bonds is 3. The molecule has 0 bridgehead atoms. The van der Waals surface area contributed by atoms with Gasteiger partial charge in [0, 0.05) is 5.56 Å². The number of amidine groups is 1. The van der Waals surface area contributed by atoms with Crippen LogP contribution < -0.4 is 16.9 Å². The van der Waals surface area contributed by atoms with Crippen LogP contribution in [-0.4, -0.2) is 23.0 Å². The molecule has 1 aromatic carbocycles. The van der Waals surface area contributed by atoms with Gasteiger partial charge in [-0.2, -0.15) is 0 Å². The Morgan fingerprint density at radius 3 is 2.80 bits per heavy atom. The van der Waals surface area contributed by atoms with Crippen LogP contribution in [0.15, 0.2) is 29.4 Å². The zero-order chi connectivity index (χ0) is 13.9. The van der Waals surface area contributed by atoms with Gasteiger partial charge >= 0.3 is 5.97 Å². The van der Waals surface area contributed by atoms with Crippen molar-refractivity contribution < 1.29 is 9.53 Å². The number of ether oxygens (including phenoxy) is 1. The van der Waals surface area contributed by atoms with Crippen LogP contribution in [0, 0.1) is 0 Å². The zero-order valence-electron chi connectivity index (χ0n) is 11.0. The molecule has 1 saturated carbocycles. The van der Waals surface area contributed by atoms with Gasteiger partial charge in [0.05, 0.1) is 5.56 Å². The molecule has 1 heterocycles. The van der Waals surface area contributed by atoms with Gasteiger partial charge in [0.1, 0.15) is 6.10 Å². The Kier molecular flexibility index (Phi) is 3.53. The molecule has 1 aliphatic carbocycles. The normalized spacial score (nSPS) is 18.9. The highest BCUT2D eigenvalue weighted by molar-refractivity contribution is 6.07. The molecule has 0 radical (unpaired) electrons. The van der Waals surface area contributed by atoms with Crippen molar-refractivity contribution in [2.75, 3.05) is 0 Å². The minimum Gasteiger partial charge on any atom is -0.459 e. The summed E-state index contributed by atoms with van der Waals surface area (Å²) >= 11 is 0. The molecule has 106 valence electrons. The Hall–Kier alpha value is -2.12. The summed E-state index contributed by atoms with van der Waals surface area (Å²) in [4.78, 5) is 12.3. The fraction of sp³-hybridized carbons (Fsp3) is 0.385. The van der Waals surface area contributed by atoms with Gasteiger partial charge in [0.2, 0.25) is 0 Å². The maximum Gasteiger partial charge on any atom is 0.339 e. The summed E-state index contributed by atoms with van der Waals surface area (Å²) in [6.07, 6.45) is 4.17. The summed E-state index contributed by atoms with van der Waals surface area (Å²) in [5.74, 6) is 5.84. The van der Waals surface area contributed by atoms with Crippen LogP contribution in [0.1, 0.15) is 41.6 Å². The van der Waals surface area contributed by atoms with Gasteiger partial charge in [-0.05, 0) is 31.7 Å². The number of hydrogen-bond acceptors (Lipinski definition) is 7. The van der Waals surface area contributed by atoms with E-state index >= 15 is 0 Å². The first-order chi connectivity index (χ1) is 9.75. The van der Waals surface area contributed by atoms with Crippen LogP contribution in [0.5, 0.6) is 0 Å². The predicted octanol–water partition coefficient (Wildman–Crippen LogP) is 0.646. The van der Waals surface area contributed by atoms with E-state index in [9.17, 15) is 4.79 Å². The molecule has 20 heavy (non-hydrogen) atoms. The Labute approximate surface area is 116 Å². The van der Waals surface area contributed by atoms with Crippen LogP contribution >= 0.6 is 0 Å². The van der Waals surface area contributed by atoms with Crippen LogP contribution in [0.4, 0.5) is 0 Å². The Morgan fingerprint density at radius 1 is 1.35 bits per heavy atom. The van der Waals surface area contributed by atoms with Crippen LogP contribution in [0.2, 0.25) is 0 Å². The Balaban J connectivity index is 1.83. The molecule has 4 N–H and O–H groups in total. The number of nitrogens with two attached hydrogens (primary N) is 1. The predicted molar refractivity (Wildman–Crippen MR) is 72.9 cm³/mol. The molecule has 0 aromatic heterocycles. The van der Waals surface area contributed by atoms with Crippen LogP contribution in [-0.2, 0) is 4.74 Å². The highest BCUT2D eigenvalue weighted by Crippen LogP contribution is 2.23. The van der Waals surface area contributed by atoms with E-state index in [1.165, 1.54) is 5.12 Å². The highest BCUT2D eigenvalue weighted by atomic mass is 16.5. The van der Waals surface area contributed by atoms with Gasteiger partial charge < -0.3 is 4.74 Å². The van der Waals surface area contributed by atoms with Gasteiger partial charge in [-0.1, -0.05) is 18.2 Å². The summed E-state index contributed by atoms with van der Waals surface area (Å²) in [7, 11) is 0. The summed E-state index contributed by atoms with van der Waals surface area (Å²) in [6, 6.07) is 7.14. The molecule has 1 aliphatic heterocycles. The first kappa shape index (κ1) is 12.9. The summed E-state index contributed by atoms with van der Waals surface area (Å²) < 4.78 is 5.54. The molecule has 7 nitrogen and oxygen atoms in total. The fourth-order valence-corrected chi connectivity index (χ4v) is 2.51. The topological polar surface area (TPSA) is 92.0 Å². The van der Waals surface area contributed by atoms with Crippen molar-refractivity contribution >= 4 is 11.8 Å². The largest absolute Gasteiger partial charge is 0.459 e. The fourth-order valence-electron chi connectivity index (χ4n) is 2.51. The molecule has 1 fully saturated rings. The monoisotopic (exact) mass is 275 g/mol. The van der Waals surface area contributed by atoms with Crippen molar-refractivity contribution in [1.29, 1.82) is 0 Å². The molecule has 2 aliphatic rings. The van der Waals surface area contributed by atoms with Crippen molar-refractivity contribution in [3.05, 3.63) is 35.4 Å². The second-order valence-corrected chi connectivity index (χ2v) is 4.89. The van der Waals surface area contributed by atoms with E-state index in [1.54, 1.807) is 18.2 Å². The van der Waals surface area contributed by atoms with E-state index in [4.69, 9.17) is 10.6 Å². The average molecular weight is 275 g/mol. The molecule has 0 unspecified atom stereocenters. The number of nitrogens with one attached hydrogen (secondary N) is 2. The van der Waals surface area contributed by atoms with E-state index in [1.807, 2.05) is 6.07 Å². The standard InChI is InChI=1S/C13H17N5O2/c14-18-12(15-16-17-18)10-7-3-4-8-11(10)13(19)20-9-5-1-2-6-9/h3-4,7-9,16-17H,1-2,5-6,14H2. The number of nitrogens with zero attached hydrogens (tertiary/aromatic N) is 2. The number of esters is 1. The SMILES string of the molecule is NN1NNN=C1c1ccccc1C(=O)OC1CCCC1. The van der Waals surface area contributed by atoms with Gasteiger partial charge in [0.25, 0.3) is 0 Å². The molecule has 3 rings (SSSR count). The number of hydrogen-bond donors (Lipinski definition) is 3. The van der Waals surface area contributed by atoms with E-state index in [2.05, 4.69) is 16.2 Å². The molecule has 7 heteroatoms. The first-order valence-electron chi connectivity index (χ1n) is 6.69. The molecule has 1 aromatic rings. The minimum atomic E-state index is -0.324. The van der Waals surface area contributed by atoms with Crippen molar-refractivity contribution in [3.63, 3.8) is 0 Å². The molecule has 0 amide bonds.